The van der Waals surface area contributed by atoms with Gasteiger partial charge in [-0.25, -0.2) is 0 Å². The van der Waals surface area contributed by atoms with Gasteiger partial charge in [-0.15, -0.1) is 0 Å². The molecule has 4 atom stereocenters. The summed E-state index contributed by atoms with van der Waals surface area (Å²) in [6, 6.07) is 9.42. The Morgan fingerprint density at radius 3 is 2.74 bits per heavy atom. The van der Waals surface area contributed by atoms with Crippen molar-refractivity contribution in [3.63, 3.8) is 0 Å². The number of benzene rings is 1. The van der Waals surface area contributed by atoms with E-state index < -0.39 is 6.10 Å². The lowest BCUT2D eigenvalue weighted by molar-refractivity contribution is -0.0231. The Morgan fingerprint density at radius 1 is 1.15 bits per heavy atom. The lowest BCUT2D eigenvalue weighted by atomic mass is 9.78. The van der Waals surface area contributed by atoms with Crippen LogP contribution in [0.2, 0.25) is 5.02 Å². The Labute approximate surface area is 164 Å². The lowest BCUT2D eigenvalue weighted by Crippen LogP contribution is -2.42. The van der Waals surface area contributed by atoms with Crippen molar-refractivity contribution < 1.29 is 14.6 Å². The molecule has 27 heavy (non-hydrogen) atoms. The van der Waals surface area contributed by atoms with Crippen LogP contribution in [-0.2, 0) is 6.54 Å². The molecule has 0 amide bonds. The molecule has 0 radical (unpaired) electrons. The smallest absolute Gasteiger partial charge is 0.137 e. The predicted molar refractivity (Wildman–Crippen MR) is 104 cm³/mol. The van der Waals surface area contributed by atoms with Gasteiger partial charge < -0.3 is 14.6 Å². The number of likely N-dealkylation sites (tertiary alicyclic amines) is 1. The first-order valence-electron chi connectivity index (χ1n) is 9.41. The van der Waals surface area contributed by atoms with Crippen LogP contribution >= 0.6 is 11.6 Å². The average Bonchev–Trinajstić information content (AvgIpc) is 3.03. The standard InChI is InChI=1S/C21H25ClN2O3/c1-26-19-5-14(9-23-10-19)11-24-12-15-6-20(25)21(7-16(15)13-24)27-18-4-2-3-17(22)8-18/h2-5,8-10,15-16,20-21,25H,6-7,11-13H2,1H3/t15-,16+,20+,21+/m0/s1. The van der Waals surface area contributed by atoms with E-state index in [-0.39, 0.29) is 6.10 Å². The third-order valence-corrected chi connectivity index (χ3v) is 5.89. The van der Waals surface area contributed by atoms with Gasteiger partial charge in [-0.3, -0.25) is 9.88 Å². The fourth-order valence-electron chi connectivity index (χ4n) is 4.38. The molecule has 1 N–H and O–H groups in total. The fraction of sp³-hybridized carbons (Fsp3) is 0.476. The summed E-state index contributed by atoms with van der Waals surface area (Å²) in [5.74, 6) is 2.56. The molecule has 1 aromatic carbocycles. The molecule has 1 saturated heterocycles. The Hall–Kier alpha value is -1.82. The number of hydrogen-bond acceptors (Lipinski definition) is 5. The van der Waals surface area contributed by atoms with Crippen LogP contribution in [0.5, 0.6) is 11.5 Å². The molecule has 2 aromatic rings. The van der Waals surface area contributed by atoms with E-state index >= 15 is 0 Å². The van der Waals surface area contributed by atoms with Crippen LogP contribution in [0.1, 0.15) is 18.4 Å². The summed E-state index contributed by atoms with van der Waals surface area (Å²) in [7, 11) is 1.66. The predicted octanol–water partition coefficient (Wildman–Crippen LogP) is 3.39. The molecule has 2 aliphatic rings. The molecule has 144 valence electrons. The number of nitrogens with zero attached hydrogens (tertiary/aromatic N) is 2. The number of aromatic nitrogens is 1. The molecule has 4 rings (SSSR count). The molecular weight excluding hydrogens is 364 g/mol. The SMILES string of the molecule is COc1cncc(CN2C[C@H]3C[C@@H](Oc4cccc(Cl)c4)[C@H](O)C[C@H]3C2)c1. The highest BCUT2D eigenvalue weighted by Gasteiger charge is 2.42. The van der Waals surface area contributed by atoms with E-state index in [1.165, 1.54) is 0 Å². The Bertz CT molecular complexity index is 788. The molecule has 1 saturated carbocycles. The summed E-state index contributed by atoms with van der Waals surface area (Å²) >= 11 is 6.04. The Morgan fingerprint density at radius 2 is 1.96 bits per heavy atom. The number of ether oxygens (including phenoxy) is 2. The van der Waals surface area contributed by atoms with Gasteiger partial charge >= 0.3 is 0 Å². The minimum absolute atomic E-state index is 0.178. The highest BCUT2D eigenvalue weighted by Crippen LogP contribution is 2.38. The van der Waals surface area contributed by atoms with Crippen LogP contribution in [0, 0.1) is 11.8 Å². The average molecular weight is 389 g/mol. The normalized spacial score (nSPS) is 28.0. The summed E-state index contributed by atoms with van der Waals surface area (Å²) < 4.78 is 11.3. The van der Waals surface area contributed by atoms with Gasteiger partial charge in [0.2, 0.25) is 0 Å². The van der Waals surface area contributed by atoms with Gasteiger partial charge in [0, 0.05) is 30.9 Å². The van der Waals surface area contributed by atoms with Crippen molar-refractivity contribution in [3.8, 4) is 11.5 Å². The first-order chi connectivity index (χ1) is 13.1. The number of pyridine rings is 1. The van der Waals surface area contributed by atoms with Crippen molar-refractivity contribution in [3.05, 3.63) is 53.3 Å². The van der Waals surface area contributed by atoms with Gasteiger partial charge in [-0.05, 0) is 54.5 Å². The number of fused-ring (bicyclic) bond motifs is 1. The molecule has 6 heteroatoms. The maximum absolute atomic E-state index is 10.6. The maximum Gasteiger partial charge on any atom is 0.137 e. The van der Waals surface area contributed by atoms with E-state index in [9.17, 15) is 5.11 Å². The number of rotatable bonds is 5. The molecule has 1 aromatic heterocycles. The largest absolute Gasteiger partial charge is 0.495 e. The minimum atomic E-state index is -0.441. The van der Waals surface area contributed by atoms with Gasteiger partial charge in [0.05, 0.1) is 19.4 Å². The number of methoxy groups -OCH3 is 1. The third kappa shape index (κ3) is 4.37. The number of halogens is 1. The van der Waals surface area contributed by atoms with E-state index in [4.69, 9.17) is 21.1 Å². The van der Waals surface area contributed by atoms with Crippen LogP contribution in [0.15, 0.2) is 42.7 Å². The number of aliphatic hydroxyl groups excluding tert-OH is 1. The van der Waals surface area contributed by atoms with E-state index in [0.29, 0.717) is 16.9 Å². The van der Waals surface area contributed by atoms with E-state index in [0.717, 1.165) is 49.5 Å². The first kappa shape index (κ1) is 18.5. The molecule has 0 spiro atoms. The summed E-state index contributed by atoms with van der Waals surface area (Å²) in [6.45, 7) is 2.87. The van der Waals surface area contributed by atoms with Crippen LogP contribution < -0.4 is 9.47 Å². The second-order valence-corrected chi connectivity index (χ2v) is 8.04. The second kappa shape index (κ2) is 8.05. The molecular formula is C21H25ClN2O3. The van der Waals surface area contributed by atoms with Crippen LogP contribution in [0.25, 0.3) is 0 Å². The molecule has 2 heterocycles. The molecule has 0 bridgehead atoms. The number of hydrogen-bond donors (Lipinski definition) is 1. The topological polar surface area (TPSA) is 54.8 Å². The van der Waals surface area contributed by atoms with Crippen molar-refractivity contribution in [2.45, 2.75) is 31.6 Å². The van der Waals surface area contributed by atoms with Crippen molar-refractivity contribution in [2.75, 3.05) is 20.2 Å². The van der Waals surface area contributed by atoms with Crippen LogP contribution in [0.4, 0.5) is 0 Å². The van der Waals surface area contributed by atoms with Crippen LogP contribution in [0.3, 0.4) is 0 Å². The fourth-order valence-corrected chi connectivity index (χ4v) is 4.56. The second-order valence-electron chi connectivity index (χ2n) is 7.60. The monoisotopic (exact) mass is 388 g/mol. The molecule has 1 aliphatic carbocycles. The van der Waals surface area contributed by atoms with Gasteiger partial charge in [-0.2, -0.15) is 0 Å². The quantitative estimate of drug-likeness (QED) is 0.850. The molecule has 1 aliphatic heterocycles. The molecule has 5 nitrogen and oxygen atoms in total. The van der Waals surface area contributed by atoms with Crippen molar-refractivity contribution in [1.82, 2.24) is 9.88 Å². The van der Waals surface area contributed by atoms with Gasteiger partial charge in [0.25, 0.3) is 0 Å². The highest BCUT2D eigenvalue weighted by molar-refractivity contribution is 6.30. The first-order valence-corrected chi connectivity index (χ1v) is 9.79. The summed E-state index contributed by atoms with van der Waals surface area (Å²) in [5.41, 5.74) is 1.15. The molecule has 0 unspecified atom stereocenters. The van der Waals surface area contributed by atoms with Crippen molar-refractivity contribution in [1.29, 1.82) is 0 Å². The summed E-state index contributed by atoms with van der Waals surface area (Å²) in [5, 5.41) is 11.2. The van der Waals surface area contributed by atoms with E-state index in [1.54, 1.807) is 19.4 Å². The Kier molecular flexibility index (Phi) is 5.53. The zero-order chi connectivity index (χ0) is 18.8. The zero-order valence-corrected chi connectivity index (χ0v) is 16.2. The lowest BCUT2D eigenvalue weighted by Gasteiger charge is -2.35. The number of aliphatic hydroxyl groups is 1. The van der Waals surface area contributed by atoms with Crippen molar-refractivity contribution in [2.24, 2.45) is 11.8 Å². The highest BCUT2D eigenvalue weighted by atomic mass is 35.5. The zero-order valence-electron chi connectivity index (χ0n) is 15.4. The van der Waals surface area contributed by atoms with Gasteiger partial charge in [-0.1, -0.05) is 17.7 Å². The molecule has 2 fully saturated rings. The van der Waals surface area contributed by atoms with Gasteiger partial charge in [0.15, 0.2) is 0 Å². The van der Waals surface area contributed by atoms with E-state index in [2.05, 4.69) is 9.88 Å². The van der Waals surface area contributed by atoms with Gasteiger partial charge in [0.1, 0.15) is 17.6 Å². The maximum atomic E-state index is 10.6. The van der Waals surface area contributed by atoms with E-state index in [1.807, 2.05) is 30.5 Å². The van der Waals surface area contributed by atoms with Crippen LogP contribution in [-0.4, -0.2) is 47.4 Å². The summed E-state index contributed by atoms with van der Waals surface area (Å²) in [4.78, 5) is 6.69. The Balaban J connectivity index is 1.38. The summed E-state index contributed by atoms with van der Waals surface area (Å²) in [6.07, 6.45) is 4.64. The third-order valence-electron chi connectivity index (χ3n) is 5.66. The minimum Gasteiger partial charge on any atom is -0.495 e. The van der Waals surface area contributed by atoms with Crippen molar-refractivity contribution >= 4 is 11.6 Å².